The molecule has 11 heteroatoms. The average Bonchev–Trinajstić information content (AvgIpc) is 3.63. The molecule has 0 aliphatic carbocycles. The monoisotopic (exact) mass is 537 g/mol. The molecule has 5 rings (SSSR count). The number of urea groups is 1. The molecule has 1 unspecified atom stereocenters. The van der Waals surface area contributed by atoms with Crippen LogP contribution in [0, 0.1) is 18.6 Å². The highest BCUT2D eigenvalue weighted by Gasteiger charge is 2.25. The molecule has 1 atom stereocenters. The molecule has 39 heavy (non-hydrogen) atoms. The Labute approximate surface area is 226 Å². The lowest BCUT2D eigenvalue weighted by Crippen LogP contribution is -2.24. The number of para-hydroxylation sites is 1. The molecule has 0 spiro atoms. The number of primary amides is 1. The molecule has 0 saturated carbocycles. The van der Waals surface area contributed by atoms with Gasteiger partial charge in [0.1, 0.15) is 23.1 Å². The van der Waals surface area contributed by atoms with Crippen molar-refractivity contribution in [3.63, 3.8) is 0 Å². The minimum Gasteiger partial charge on any atom is -0.383 e. The SMILES string of the molecule is COCCN1CCC(c2ccc(F)cc2F)C1.Cc1c(-c2cnn(C)c2)nn(-c2ccccc2)c1NC(N)=O. The number of methoxy groups -OCH3 is 1. The third-order valence-corrected chi connectivity index (χ3v) is 6.63. The first-order valence-electron chi connectivity index (χ1n) is 12.6. The van der Waals surface area contributed by atoms with Crippen LogP contribution in [0.3, 0.4) is 0 Å². The van der Waals surface area contributed by atoms with Gasteiger partial charge >= 0.3 is 6.03 Å². The van der Waals surface area contributed by atoms with Gasteiger partial charge in [-0.25, -0.2) is 18.3 Å². The number of hydrogen-bond donors (Lipinski definition) is 2. The summed E-state index contributed by atoms with van der Waals surface area (Å²) >= 11 is 0. The first kappa shape index (κ1) is 27.9. The third-order valence-electron chi connectivity index (χ3n) is 6.63. The van der Waals surface area contributed by atoms with E-state index in [9.17, 15) is 13.6 Å². The smallest absolute Gasteiger partial charge is 0.317 e. The topological polar surface area (TPSA) is 103 Å². The maximum absolute atomic E-state index is 13.6. The molecule has 0 radical (unpaired) electrons. The van der Waals surface area contributed by atoms with E-state index in [1.165, 1.54) is 6.07 Å². The molecule has 1 fully saturated rings. The van der Waals surface area contributed by atoms with Crippen LogP contribution >= 0.6 is 0 Å². The van der Waals surface area contributed by atoms with Crippen LogP contribution < -0.4 is 11.1 Å². The van der Waals surface area contributed by atoms with Gasteiger partial charge in [0.2, 0.25) is 0 Å². The normalized spacial score (nSPS) is 15.2. The van der Waals surface area contributed by atoms with Gasteiger partial charge in [-0.05, 0) is 43.7 Å². The highest BCUT2D eigenvalue weighted by Crippen LogP contribution is 2.30. The first-order chi connectivity index (χ1) is 18.8. The predicted molar refractivity (Wildman–Crippen MR) is 146 cm³/mol. The minimum absolute atomic E-state index is 0.174. The van der Waals surface area contributed by atoms with Crippen LogP contribution in [0.2, 0.25) is 0 Å². The van der Waals surface area contributed by atoms with Gasteiger partial charge in [0.05, 0.1) is 18.5 Å². The Morgan fingerprint density at radius 3 is 2.62 bits per heavy atom. The van der Waals surface area contributed by atoms with Crippen molar-refractivity contribution >= 4 is 11.8 Å². The van der Waals surface area contributed by atoms with E-state index >= 15 is 0 Å². The highest BCUT2D eigenvalue weighted by molar-refractivity contribution is 5.89. The van der Waals surface area contributed by atoms with Crippen molar-refractivity contribution in [3.8, 4) is 16.9 Å². The van der Waals surface area contributed by atoms with Crippen LogP contribution in [0.25, 0.3) is 16.9 Å². The zero-order chi connectivity index (χ0) is 27.9. The standard InChI is InChI=1S/C15H16N6O.C13H17F2NO/c1-10-13(11-8-17-20(2)9-11)19-21(14(10)18-15(16)22)12-6-4-3-5-7-12;1-17-7-6-16-5-4-10(9-16)12-3-2-11(14)8-13(12)15/h3-9H,1-2H3,(H3,16,18,22);2-3,8,10H,4-7,9H2,1H3. The number of anilines is 1. The second-order valence-corrected chi connectivity index (χ2v) is 9.41. The van der Waals surface area contributed by atoms with Crippen LogP contribution in [-0.2, 0) is 11.8 Å². The fourth-order valence-corrected chi connectivity index (χ4v) is 4.68. The number of nitrogens with one attached hydrogen (secondary N) is 1. The molecule has 1 saturated heterocycles. The molecule has 3 heterocycles. The number of likely N-dealkylation sites (tertiary alicyclic amines) is 1. The number of carbonyl (C=O) groups excluding carboxylic acids is 1. The van der Waals surface area contributed by atoms with E-state index < -0.39 is 17.7 Å². The molecular weight excluding hydrogens is 504 g/mol. The zero-order valence-corrected chi connectivity index (χ0v) is 22.3. The number of nitrogens with zero attached hydrogens (tertiary/aromatic N) is 5. The quantitative estimate of drug-likeness (QED) is 0.362. The number of nitrogens with two attached hydrogens (primary N) is 1. The molecule has 1 aliphatic heterocycles. The summed E-state index contributed by atoms with van der Waals surface area (Å²) in [7, 11) is 3.52. The maximum atomic E-state index is 13.6. The fourth-order valence-electron chi connectivity index (χ4n) is 4.68. The van der Waals surface area contributed by atoms with E-state index in [2.05, 4.69) is 20.4 Å². The Bertz CT molecular complexity index is 1400. The lowest BCUT2D eigenvalue weighted by molar-refractivity contribution is 0.160. The summed E-state index contributed by atoms with van der Waals surface area (Å²) < 4.78 is 34.8. The fraction of sp³-hybridized carbons (Fsp3) is 0.321. The van der Waals surface area contributed by atoms with Crippen molar-refractivity contribution in [1.29, 1.82) is 0 Å². The molecular formula is C28H33F2N7O2. The summed E-state index contributed by atoms with van der Waals surface area (Å²) in [5.74, 6) is -0.214. The molecule has 2 aromatic carbocycles. The van der Waals surface area contributed by atoms with Gasteiger partial charge in [0.15, 0.2) is 0 Å². The number of carbonyl (C=O) groups is 1. The van der Waals surface area contributed by atoms with Crippen molar-refractivity contribution in [3.05, 3.63) is 83.7 Å². The molecule has 1 aliphatic rings. The molecule has 2 amide bonds. The van der Waals surface area contributed by atoms with Gasteiger partial charge in [-0.2, -0.15) is 10.2 Å². The van der Waals surface area contributed by atoms with Crippen LogP contribution in [0.5, 0.6) is 0 Å². The molecule has 3 N–H and O–H groups in total. The van der Waals surface area contributed by atoms with E-state index in [0.29, 0.717) is 18.0 Å². The van der Waals surface area contributed by atoms with E-state index in [1.807, 2.05) is 50.5 Å². The Morgan fingerprint density at radius 1 is 1.21 bits per heavy atom. The Hall–Kier alpha value is -4.09. The van der Waals surface area contributed by atoms with E-state index in [1.54, 1.807) is 28.7 Å². The van der Waals surface area contributed by atoms with Crippen molar-refractivity contribution in [2.24, 2.45) is 12.8 Å². The summed E-state index contributed by atoms with van der Waals surface area (Å²) in [5, 5.41) is 11.4. The first-order valence-corrected chi connectivity index (χ1v) is 12.6. The number of benzene rings is 2. The van der Waals surface area contributed by atoms with Crippen LogP contribution in [0.4, 0.5) is 19.4 Å². The number of aryl methyl sites for hydroxylation is 1. The number of hydrogen-bond acceptors (Lipinski definition) is 5. The van der Waals surface area contributed by atoms with Crippen LogP contribution in [0.1, 0.15) is 23.5 Å². The van der Waals surface area contributed by atoms with Crippen molar-refractivity contribution in [2.75, 3.05) is 38.7 Å². The second kappa shape index (κ2) is 12.6. The van der Waals surface area contributed by atoms with Gasteiger partial charge in [-0.1, -0.05) is 24.3 Å². The summed E-state index contributed by atoms with van der Waals surface area (Å²) in [6.45, 7) is 5.23. The van der Waals surface area contributed by atoms with Gasteiger partial charge in [0.25, 0.3) is 0 Å². The van der Waals surface area contributed by atoms with Crippen LogP contribution in [-0.4, -0.2) is 63.8 Å². The van der Waals surface area contributed by atoms with E-state index in [-0.39, 0.29) is 5.92 Å². The number of ether oxygens (including phenoxy) is 1. The Kier molecular flexibility index (Phi) is 9.05. The van der Waals surface area contributed by atoms with E-state index in [0.717, 1.165) is 54.6 Å². The lowest BCUT2D eigenvalue weighted by Gasteiger charge is -2.15. The lowest BCUT2D eigenvalue weighted by atomic mass is 9.98. The van der Waals surface area contributed by atoms with Gasteiger partial charge in [-0.15, -0.1) is 0 Å². The van der Waals surface area contributed by atoms with E-state index in [4.69, 9.17) is 10.5 Å². The number of aromatic nitrogens is 4. The summed E-state index contributed by atoms with van der Waals surface area (Å²) in [4.78, 5) is 13.6. The van der Waals surface area contributed by atoms with Gasteiger partial charge in [0, 0.05) is 56.6 Å². The third kappa shape index (κ3) is 6.87. The van der Waals surface area contributed by atoms with Crippen molar-refractivity contribution < 1.29 is 18.3 Å². The van der Waals surface area contributed by atoms with Gasteiger partial charge < -0.3 is 15.4 Å². The number of rotatable bonds is 7. The molecule has 0 bridgehead atoms. The highest BCUT2D eigenvalue weighted by atomic mass is 19.1. The second-order valence-electron chi connectivity index (χ2n) is 9.41. The van der Waals surface area contributed by atoms with Crippen LogP contribution in [0.15, 0.2) is 60.9 Å². The van der Waals surface area contributed by atoms with Crippen molar-refractivity contribution in [1.82, 2.24) is 24.5 Å². The van der Waals surface area contributed by atoms with Gasteiger partial charge in [-0.3, -0.25) is 10.00 Å². The average molecular weight is 538 g/mol. The predicted octanol–water partition coefficient (Wildman–Crippen LogP) is 4.47. The Morgan fingerprint density at radius 2 is 1.97 bits per heavy atom. The maximum Gasteiger partial charge on any atom is 0.317 e. The number of amides is 2. The molecule has 2 aromatic heterocycles. The zero-order valence-electron chi connectivity index (χ0n) is 22.3. The summed E-state index contributed by atoms with van der Waals surface area (Å²) in [5.41, 5.74) is 9.21. The van der Waals surface area contributed by atoms with Crippen molar-refractivity contribution in [2.45, 2.75) is 19.3 Å². The molecule has 9 nitrogen and oxygen atoms in total. The largest absolute Gasteiger partial charge is 0.383 e. The molecule has 206 valence electrons. The summed E-state index contributed by atoms with van der Waals surface area (Å²) in [6.07, 6.45) is 4.53. The summed E-state index contributed by atoms with van der Waals surface area (Å²) in [6, 6.07) is 12.8. The minimum atomic E-state index is -0.627. The molecule has 4 aromatic rings. The number of halogens is 2. The Balaban J connectivity index is 0.000000187.